The van der Waals surface area contributed by atoms with E-state index in [0.717, 1.165) is 66.3 Å². The van der Waals surface area contributed by atoms with Crippen LogP contribution in [0.15, 0.2) is 83.1 Å². The molecule has 5 heteroatoms. The molecule has 3 aromatic rings. The second kappa shape index (κ2) is 15.5. The summed E-state index contributed by atoms with van der Waals surface area (Å²) in [5.41, 5.74) is 9.12. The highest BCUT2D eigenvalue weighted by molar-refractivity contribution is 7.99. The fourth-order valence-electron chi connectivity index (χ4n) is 4.28. The Morgan fingerprint density at radius 1 is 0.974 bits per heavy atom. The van der Waals surface area contributed by atoms with Crippen molar-refractivity contribution >= 4 is 28.6 Å². The van der Waals surface area contributed by atoms with E-state index < -0.39 is 0 Å². The lowest BCUT2D eigenvalue weighted by Gasteiger charge is -2.16. The molecule has 1 unspecified atom stereocenters. The molecule has 204 valence electrons. The summed E-state index contributed by atoms with van der Waals surface area (Å²) in [4.78, 5) is 11.8. The van der Waals surface area contributed by atoms with Crippen LogP contribution >= 0.6 is 11.8 Å². The van der Waals surface area contributed by atoms with Gasteiger partial charge in [-0.1, -0.05) is 58.7 Å². The topological polar surface area (TPSA) is 56.5 Å². The van der Waals surface area contributed by atoms with Crippen LogP contribution in [0.4, 0.5) is 5.82 Å². The number of hydrogen-bond donors (Lipinski definition) is 3. The molecular formula is C33H46N4S. The molecule has 4 nitrogen and oxygen atoms in total. The minimum absolute atomic E-state index is 0.0893. The summed E-state index contributed by atoms with van der Waals surface area (Å²) in [7, 11) is 0. The fraction of sp³-hybridized carbons (Fsp3) is 0.424. The number of anilines is 1. The van der Waals surface area contributed by atoms with Crippen molar-refractivity contribution in [1.29, 1.82) is 0 Å². The molecule has 2 aromatic heterocycles. The van der Waals surface area contributed by atoms with E-state index in [4.69, 9.17) is 4.98 Å². The first kappa shape index (κ1) is 29.6. The summed E-state index contributed by atoms with van der Waals surface area (Å²) in [5.74, 6) is 3.93. The first-order chi connectivity index (χ1) is 18.3. The quantitative estimate of drug-likeness (QED) is 0.135. The summed E-state index contributed by atoms with van der Waals surface area (Å²) in [6, 6.07) is 10.5. The van der Waals surface area contributed by atoms with Crippen LogP contribution in [-0.2, 0) is 0 Å². The Bertz CT molecular complexity index is 1230. The Balaban J connectivity index is 1.62. The highest BCUT2D eigenvalue weighted by Crippen LogP contribution is 2.25. The van der Waals surface area contributed by atoms with E-state index in [-0.39, 0.29) is 6.04 Å². The zero-order valence-electron chi connectivity index (χ0n) is 24.2. The van der Waals surface area contributed by atoms with Crippen LogP contribution < -0.4 is 5.32 Å². The molecule has 0 bridgehead atoms. The van der Waals surface area contributed by atoms with Gasteiger partial charge in [0.1, 0.15) is 11.6 Å². The normalized spacial score (nSPS) is 13.0. The number of hydrogen-bond acceptors (Lipinski definition) is 3. The summed E-state index contributed by atoms with van der Waals surface area (Å²) in [6.45, 7) is 13.1. The molecule has 38 heavy (non-hydrogen) atoms. The molecule has 0 fully saturated rings. The van der Waals surface area contributed by atoms with Gasteiger partial charge in [-0.05, 0) is 97.4 Å². The Labute approximate surface area is 234 Å². The zero-order valence-corrected chi connectivity index (χ0v) is 25.0. The lowest BCUT2D eigenvalue weighted by atomic mass is 10.0. The third-order valence-electron chi connectivity index (χ3n) is 6.49. The van der Waals surface area contributed by atoms with Crippen LogP contribution in [0.2, 0.25) is 0 Å². The first-order valence-electron chi connectivity index (χ1n) is 13.8. The summed E-state index contributed by atoms with van der Waals surface area (Å²) in [6.07, 6.45) is 17.2. The Kier molecular flexibility index (Phi) is 12.1. The van der Waals surface area contributed by atoms with Crippen LogP contribution in [0.5, 0.6) is 0 Å². The van der Waals surface area contributed by atoms with E-state index in [1.54, 1.807) is 0 Å². The van der Waals surface area contributed by atoms with Gasteiger partial charge in [0.15, 0.2) is 0 Å². The molecule has 0 saturated heterocycles. The maximum Gasteiger partial charge on any atom is 0.130 e. The van der Waals surface area contributed by atoms with Gasteiger partial charge in [0, 0.05) is 17.7 Å². The number of aryl methyl sites for hydroxylation is 1. The molecule has 3 rings (SSSR count). The molecule has 0 saturated carbocycles. The molecule has 0 aliphatic heterocycles. The van der Waals surface area contributed by atoms with Gasteiger partial charge in [-0.3, -0.25) is 0 Å². The van der Waals surface area contributed by atoms with E-state index >= 15 is 0 Å². The predicted molar refractivity (Wildman–Crippen MR) is 169 cm³/mol. The number of fused-ring (bicyclic) bond motifs is 1. The second-order valence-electron chi connectivity index (χ2n) is 10.7. The van der Waals surface area contributed by atoms with Gasteiger partial charge in [-0.2, -0.15) is 11.8 Å². The van der Waals surface area contributed by atoms with Crippen LogP contribution in [0.3, 0.4) is 0 Å². The standard InChI is InChI=1S/C33H46N4S/c1-24(2)11-9-12-26(5)13-10-14-28(18-17-25(3)4)19-20-38-23-31(35-32-21-27(6)22-34-32)33-36-29-15-7-8-16-30(29)37-33/h7-8,11,13,15-17,19,21-22,31,34-35H,9-10,12,14,18,20,23H2,1-6H3,(H,36,37)/b26-13+,28-19-. The highest BCUT2D eigenvalue weighted by Gasteiger charge is 2.16. The Morgan fingerprint density at radius 3 is 2.45 bits per heavy atom. The number of allylic oxidation sites excluding steroid dienone is 7. The van der Waals surface area contributed by atoms with Gasteiger partial charge in [0.2, 0.25) is 0 Å². The van der Waals surface area contributed by atoms with Crippen molar-refractivity contribution < 1.29 is 0 Å². The van der Waals surface area contributed by atoms with Gasteiger partial charge >= 0.3 is 0 Å². The van der Waals surface area contributed by atoms with Crippen LogP contribution in [-0.4, -0.2) is 26.5 Å². The molecular weight excluding hydrogens is 484 g/mol. The average Bonchev–Trinajstić information content (AvgIpc) is 3.49. The van der Waals surface area contributed by atoms with Gasteiger partial charge < -0.3 is 15.3 Å². The number of rotatable bonds is 15. The first-order valence-corrected chi connectivity index (χ1v) is 15.0. The molecule has 1 atom stereocenters. The summed E-state index contributed by atoms with van der Waals surface area (Å²) < 4.78 is 0. The van der Waals surface area contributed by atoms with Gasteiger partial charge in [0.05, 0.1) is 17.1 Å². The Hall–Kier alpha value is -2.92. The van der Waals surface area contributed by atoms with Gasteiger partial charge in [0.25, 0.3) is 0 Å². The number of para-hydroxylation sites is 2. The van der Waals surface area contributed by atoms with Crippen molar-refractivity contribution in [3.05, 3.63) is 94.5 Å². The highest BCUT2D eigenvalue weighted by atomic mass is 32.2. The average molecular weight is 531 g/mol. The fourth-order valence-corrected chi connectivity index (χ4v) is 5.25. The molecule has 0 radical (unpaired) electrons. The smallest absolute Gasteiger partial charge is 0.130 e. The molecule has 0 amide bonds. The summed E-state index contributed by atoms with van der Waals surface area (Å²) >= 11 is 1.95. The van der Waals surface area contributed by atoms with Gasteiger partial charge in [-0.15, -0.1) is 0 Å². The van der Waals surface area contributed by atoms with Crippen molar-refractivity contribution in [2.24, 2.45) is 0 Å². The third-order valence-corrected chi connectivity index (χ3v) is 7.46. The lowest BCUT2D eigenvalue weighted by Crippen LogP contribution is -2.15. The van der Waals surface area contributed by atoms with Gasteiger partial charge in [-0.25, -0.2) is 4.98 Å². The number of thioether (sulfide) groups is 1. The molecule has 0 spiro atoms. The number of imidazole rings is 1. The maximum atomic E-state index is 4.89. The minimum atomic E-state index is 0.0893. The van der Waals surface area contributed by atoms with Crippen molar-refractivity contribution in [1.82, 2.24) is 15.0 Å². The molecule has 0 aliphatic rings. The van der Waals surface area contributed by atoms with Crippen LogP contribution in [0.1, 0.15) is 84.2 Å². The van der Waals surface area contributed by atoms with Crippen LogP contribution in [0, 0.1) is 6.92 Å². The molecule has 3 N–H and O–H groups in total. The Morgan fingerprint density at radius 2 is 1.74 bits per heavy atom. The molecule has 1 aromatic carbocycles. The number of nitrogens with zero attached hydrogens (tertiary/aromatic N) is 1. The second-order valence-corrected chi connectivity index (χ2v) is 11.8. The van der Waals surface area contributed by atoms with Crippen molar-refractivity contribution in [2.75, 3.05) is 16.8 Å². The van der Waals surface area contributed by atoms with E-state index in [0.29, 0.717) is 0 Å². The largest absolute Gasteiger partial charge is 0.361 e. The van der Waals surface area contributed by atoms with Crippen molar-refractivity contribution in [2.45, 2.75) is 79.7 Å². The number of benzene rings is 1. The third kappa shape index (κ3) is 10.4. The minimum Gasteiger partial charge on any atom is -0.361 e. The lowest BCUT2D eigenvalue weighted by molar-refractivity contribution is 0.822. The monoisotopic (exact) mass is 530 g/mol. The maximum absolute atomic E-state index is 4.89. The van der Waals surface area contributed by atoms with Crippen molar-refractivity contribution in [3.63, 3.8) is 0 Å². The number of aromatic amines is 2. The predicted octanol–water partition coefficient (Wildman–Crippen LogP) is 9.84. The summed E-state index contributed by atoms with van der Waals surface area (Å²) in [5, 5.41) is 3.66. The van der Waals surface area contributed by atoms with E-state index in [1.807, 2.05) is 24.0 Å². The molecule has 2 heterocycles. The molecule has 0 aliphatic carbocycles. The number of aromatic nitrogens is 3. The van der Waals surface area contributed by atoms with E-state index in [2.05, 4.69) is 105 Å². The van der Waals surface area contributed by atoms with Crippen LogP contribution in [0.25, 0.3) is 11.0 Å². The number of nitrogens with one attached hydrogen (secondary N) is 3. The van der Waals surface area contributed by atoms with E-state index in [1.165, 1.54) is 27.9 Å². The number of H-pyrrole nitrogens is 2. The van der Waals surface area contributed by atoms with E-state index in [9.17, 15) is 0 Å². The zero-order chi connectivity index (χ0) is 27.3. The SMILES string of the molecule is CC(C)=CCC/C(C)=C/CC/C(=C/CSCC(Nc1cc(C)c[nH]1)c1nc2ccccc2[nH]1)CC=C(C)C. The van der Waals surface area contributed by atoms with Crippen molar-refractivity contribution in [3.8, 4) is 0 Å².